The molecular formula is C54H36N2O. The van der Waals surface area contributed by atoms with E-state index in [0.29, 0.717) is 0 Å². The highest BCUT2D eigenvalue weighted by molar-refractivity contribution is 6.11. The standard InChI is InChI=1S/C54H36N2O/c1-4-15-37(16-5-1)44-33-31-42(35-50(44)38-17-6-2-7-18-38)55(41-29-27-39(28-30-41)45-23-14-24-49-48-22-11-13-26-53(48)57-54(45)49)43-32-34-47-46-21-10-12-25-51(46)56(52(47)36-43)40-19-8-3-9-20-40/h1-36H. The minimum absolute atomic E-state index is 0.902. The normalized spacial score (nSPS) is 11.5. The van der Waals surface area contributed by atoms with Gasteiger partial charge in [-0.3, -0.25) is 0 Å². The van der Waals surface area contributed by atoms with E-state index >= 15 is 0 Å². The molecule has 0 saturated carbocycles. The van der Waals surface area contributed by atoms with Crippen LogP contribution < -0.4 is 4.90 Å². The molecule has 2 heterocycles. The predicted octanol–water partition coefficient (Wildman–Crippen LogP) is 15.2. The topological polar surface area (TPSA) is 21.3 Å². The lowest BCUT2D eigenvalue weighted by atomic mass is 9.93. The Labute approximate surface area is 330 Å². The van der Waals surface area contributed by atoms with E-state index in [4.69, 9.17) is 4.42 Å². The first-order valence-electron chi connectivity index (χ1n) is 19.4. The van der Waals surface area contributed by atoms with Gasteiger partial charge in [0.2, 0.25) is 0 Å². The van der Waals surface area contributed by atoms with Crippen molar-refractivity contribution >= 4 is 60.8 Å². The first kappa shape index (κ1) is 32.8. The van der Waals surface area contributed by atoms with Crippen LogP contribution in [-0.2, 0) is 0 Å². The Bertz CT molecular complexity index is 3220. The maximum absolute atomic E-state index is 6.46. The van der Waals surface area contributed by atoms with Gasteiger partial charge in [0.15, 0.2) is 0 Å². The molecule has 11 rings (SSSR count). The largest absolute Gasteiger partial charge is 0.455 e. The molecule has 268 valence electrons. The van der Waals surface area contributed by atoms with Crippen molar-refractivity contribution in [3.8, 4) is 39.1 Å². The first-order valence-corrected chi connectivity index (χ1v) is 19.4. The van der Waals surface area contributed by atoms with Crippen molar-refractivity contribution in [2.75, 3.05) is 4.90 Å². The van der Waals surface area contributed by atoms with Crippen molar-refractivity contribution in [2.24, 2.45) is 0 Å². The van der Waals surface area contributed by atoms with Gasteiger partial charge in [-0.25, -0.2) is 0 Å². The van der Waals surface area contributed by atoms with E-state index in [1.807, 2.05) is 12.1 Å². The van der Waals surface area contributed by atoms with Crippen molar-refractivity contribution in [1.82, 2.24) is 4.57 Å². The van der Waals surface area contributed by atoms with Crippen molar-refractivity contribution in [3.63, 3.8) is 0 Å². The number of hydrogen-bond acceptors (Lipinski definition) is 2. The maximum Gasteiger partial charge on any atom is 0.143 e. The van der Waals surface area contributed by atoms with Crippen LogP contribution >= 0.6 is 0 Å². The van der Waals surface area contributed by atoms with E-state index in [-0.39, 0.29) is 0 Å². The summed E-state index contributed by atoms with van der Waals surface area (Å²) in [5.41, 5.74) is 15.4. The zero-order valence-corrected chi connectivity index (χ0v) is 31.1. The number of benzene rings is 9. The summed E-state index contributed by atoms with van der Waals surface area (Å²) in [6, 6.07) is 78.2. The average molecular weight is 729 g/mol. The SMILES string of the molecule is c1ccc(-c2ccc(N(c3ccc(-c4cccc5c4oc4ccccc45)cc3)c3ccc4c5ccccc5n(-c5ccccc5)c4c3)cc2-c2ccccc2)cc1. The highest BCUT2D eigenvalue weighted by atomic mass is 16.3. The summed E-state index contributed by atoms with van der Waals surface area (Å²) in [6.45, 7) is 0. The highest BCUT2D eigenvalue weighted by Crippen LogP contribution is 2.44. The summed E-state index contributed by atoms with van der Waals surface area (Å²) in [6.07, 6.45) is 0. The van der Waals surface area contributed by atoms with Gasteiger partial charge >= 0.3 is 0 Å². The first-order chi connectivity index (χ1) is 28.3. The van der Waals surface area contributed by atoms with Crippen molar-refractivity contribution in [3.05, 3.63) is 218 Å². The van der Waals surface area contributed by atoms with Gasteiger partial charge in [0, 0.05) is 49.9 Å². The minimum Gasteiger partial charge on any atom is -0.455 e. The molecule has 0 unspecified atom stereocenters. The molecule has 0 aliphatic carbocycles. The molecule has 2 aromatic heterocycles. The van der Waals surface area contributed by atoms with Crippen molar-refractivity contribution < 1.29 is 4.42 Å². The number of para-hydroxylation sites is 4. The summed E-state index contributed by atoms with van der Waals surface area (Å²) >= 11 is 0. The quantitative estimate of drug-likeness (QED) is 0.163. The van der Waals surface area contributed by atoms with E-state index in [1.165, 1.54) is 38.5 Å². The lowest BCUT2D eigenvalue weighted by molar-refractivity contribution is 0.670. The number of hydrogen-bond donors (Lipinski definition) is 0. The van der Waals surface area contributed by atoms with E-state index in [2.05, 4.69) is 216 Å². The zero-order chi connectivity index (χ0) is 37.7. The molecule has 11 aromatic rings. The van der Waals surface area contributed by atoms with Gasteiger partial charge in [-0.15, -0.1) is 0 Å². The Hall–Kier alpha value is -7.62. The second-order valence-corrected chi connectivity index (χ2v) is 14.5. The molecule has 0 aliphatic rings. The summed E-state index contributed by atoms with van der Waals surface area (Å²) in [4.78, 5) is 2.39. The molecule has 0 atom stereocenters. The van der Waals surface area contributed by atoms with E-state index in [9.17, 15) is 0 Å². The Morgan fingerprint density at radius 2 is 0.895 bits per heavy atom. The molecule has 0 saturated heterocycles. The Kier molecular flexibility index (Phi) is 7.82. The van der Waals surface area contributed by atoms with Crippen LogP contribution in [0, 0.1) is 0 Å². The Morgan fingerprint density at radius 1 is 0.333 bits per heavy atom. The minimum atomic E-state index is 0.902. The lowest BCUT2D eigenvalue weighted by Crippen LogP contribution is -2.10. The van der Waals surface area contributed by atoms with Gasteiger partial charge in [-0.1, -0.05) is 158 Å². The van der Waals surface area contributed by atoms with E-state index in [0.717, 1.165) is 61.3 Å². The van der Waals surface area contributed by atoms with Gasteiger partial charge < -0.3 is 13.9 Å². The predicted molar refractivity (Wildman–Crippen MR) is 239 cm³/mol. The summed E-state index contributed by atoms with van der Waals surface area (Å²) in [5, 5.41) is 4.71. The number of fused-ring (bicyclic) bond motifs is 6. The molecule has 3 nitrogen and oxygen atoms in total. The summed E-state index contributed by atoms with van der Waals surface area (Å²) in [7, 11) is 0. The third kappa shape index (κ3) is 5.60. The Balaban J connectivity index is 1.12. The van der Waals surface area contributed by atoms with Crippen LogP contribution in [0.3, 0.4) is 0 Å². The van der Waals surface area contributed by atoms with Gasteiger partial charge in [-0.05, 0) is 88.5 Å². The molecule has 0 N–H and O–H groups in total. The van der Waals surface area contributed by atoms with Crippen molar-refractivity contribution in [1.29, 1.82) is 0 Å². The van der Waals surface area contributed by atoms with Crippen LogP contribution in [0.1, 0.15) is 0 Å². The molecular weight excluding hydrogens is 693 g/mol. The van der Waals surface area contributed by atoms with Gasteiger partial charge in [0.05, 0.1) is 11.0 Å². The molecule has 0 spiro atoms. The van der Waals surface area contributed by atoms with Gasteiger partial charge in [0.1, 0.15) is 11.2 Å². The molecule has 9 aromatic carbocycles. The fourth-order valence-electron chi connectivity index (χ4n) is 8.56. The molecule has 0 bridgehead atoms. The number of anilines is 3. The highest BCUT2D eigenvalue weighted by Gasteiger charge is 2.20. The van der Waals surface area contributed by atoms with Crippen molar-refractivity contribution in [2.45, 2.75) is 0 Å². The lowest BCUT2D eigenvalue weighted by Gasteiger charge is -2.27. The van der Waals surface area contributed by atoms with E-state index in [1.54, 1.807) is 0 Å². The third-order valence-electron chi connectivity index (χ3n) is 11.2. The monoisotopic (exact) mass is 728 g/mol. The fourth-order valence-corrected chi connectivity index (χ4v) is 8.56. The Morgan fingerprint density at radius 3 is 1.67 bits per heavy atom. The van der Waals surface area contributed by atoms with Crippen LogP contribution in [0.4, 0.5) is 17.1 Å². The summed E-state index contributed by atoms with van der Waals surface area (Å²) in [5.74, 6) is 0. The molecule has 0 amide bonds. The number of aromatic nitrogens is 1. The second-order valence-electron chi connectivity index (χ2n) is 14.5. The van der Waals surface area contributed by atoms with E-state index < -0.39 is 0 Å². The average Bonchev–Trinajstić information content (AvgIpc) is 3.83. The van der Waals surface area contributed by atoms with Crippen LogP contribution in [-0.4, -0.2) is 4.57 Å². The molecule has 0 radical (unpaired) electrons. The smallest absolute Gasteiger partial charge is 0.143 e. The molecule has 57 heavy (non-hydrogen) atoms. The summed E-state index contributed by atoms with van der Waals surface area (Å²) < 4.78 is 8.84. The van der Waals surface area contributed by atoms with Crippen LogP contribution in [0.15, 0.2) is 223 Å². The second kappa shape index (κ2) is 13.6. The molecule has 0 aliphatic heterocycles. The van der Waals surface area contributed by atoms with Crippen LogP contribution in [0.25, 0.3) is 82.8 Å². The molecule has 0 fully saturated rings. The number of furan rings is 1. The zero-order valence-electron chi connectivity index (χ0n) is 31.1. The number of nitrogens with zero attached hydrogens (tertiary/aromatic N) is 2. The number of rotatable bonds is 7. The molecule has 3 heteroatoms. The third-order valence-corrected chi connectivity index (χ3v) is 11.2. The van der Waals surface area contributed by atoms with Gasteiger partial charge in [-0.2, -0.15) is 0 Å². The van der Waals surface area contributed by atoms with Crippen LogP contribution in [0.2, 0.25) is 0 Å². The van der Waals surface area contributed by atoms with Crippen LogP contribution in [0.5, 0.6) is 0 Å². The maximum atomic E-state index is 6.46. The fraction of sp³-hybridized carbons (Fsp3) is 0. The van der Waals surface area contributed by atoms with Gasteiger partial charge in [0.25, 0.3) is 0 Å².